The van der Waals surface area contributed by atoms with Crippen molar-refractivity contribution in [2.45, 2.75) is 25.3 Å². The standard InChI is InChI=1S/C11H12F3NO5/c1-2-20-10(19)8(17)7(16)5-3-6(11(12,13)14)9(18)15-4-5/h3-4,7-8,16-17H,2H2,1H3,(H,15,18). The second-order valence-corrected chi connectivity index (χ2v) is 3.82. The summed E-state index contributed by atoms with van der Waals surface area (Å²) in [6, 6.07) is 0.367. The van der Waals surface area contributed by atoms with E-state index in [1.54, 1.807) is 4.98 Å². The number of aromatic amines is 1. The highest BCUT2D eigenvalue weighted by Gasteiger charge is 2.36. The number of esters is 1. The summed E-state index contributed by atoms with van der Waals surface area (Å²) in [5, 5.41) is 19.1. The molecular formula is C11H12F3NO5. The Morgan fingerprint density at radius 3 is 2.55 bits per heavy atom. The number of pyridine rings is 1. The van der Waals surface area contributed by atoms with Crippen LogP contribution >= 0.6 is 0 Å². The molecule has 6 nitrogen and oxygen atoms in total. The molecule has 112 valence electrons. The minimum absolute atomic E-state index is 0.0674. The molecule has 0 aromatic carbocycles. The Hall–Kier alpha value is -1.87. The van der Waals surface area contributed by atoms with Crippen molar-refractivity contribution in [1.29, 1.82) is 0 Å². The lowest BCUT2D eigenvalue weighted by Crippen LogP contribution is -2.31. The van der Waals surface area contributed by atoms with Gasteiger partial charge in [-0.1, -0.05) is 0 Å². The number of nitrogens with one attached hydrogen (secondary N) is 1. The molecule has 1 aromatic rings. The Morgan fingerprint density at radius 1 is 1.45 bits per heavy atom. The van der Waals surface area contributed by atoms with Gasteiger partial charge >= 0.3 is 12.1 Å². The number of carbonyl (C=O) groups excluding carboxylic acids is 1. The Labute approximate surface area is 110 Å². The fourth-order valence-corrected chi connectivity index (χ4v) is 1.42. The van der Waals surface area contributed by atoms with Gasteiger partial charge in [0.2, 0.25) is 0 Å². The van der Waals surface area contributed by atoms with E-state index < -0.39 is 41.0 Å². The van der Waals surface area contributed by atoms with Crippen LogP contribution in [0.3, 0.4) is 0 Å². The summed E-state index contributed by atoms with van der Waals surface area (Å²) in [5.41, 5.74) is -3.39. The Kier molecular flexibility index (Phi) is 4.90. The van der Waals surface area contributed by atoms with E-state index in [0.29, 0.717) is 6.07 Å². The highest BCUT2D eigenvalue weighted by Crippen LogP contribution is 2.28. The monoisotopic (exact) mass is 295 g/mol. The molecule has 1 aromatic heterocycles. The molecule has 9 heteroatoms. The minimum atomic E-state index is -4.92. The second-order valence-electron chi connectivity index (χ2n) is 3.82. The van der Waals surface area contributed by atoms with Gasteiger partial charge in [0.1, 0.15) is 11.7 Å². The van der Waals surface area contributed by atoms with E-state index >= 15 is 0 Å². The molecule has 0 aliphatic carbocycles. The van der Waals surface area contributed by atoms with Gasteiger partial charge in [-0.3, -0.25) is 4.79 Å². The van der Waals surface area contributed by atoms with Gasteiger partial charge in [-0.15, -0.1) is 0 Å². The number of rotatable bonds is 4. The van der Waals surface area contributed by atoms with Crippen molar-refractivity contribution in [2.75, 3.05) is 6.61 Å². The van der Waals surface area contributed by atoms with E-state index in [4.69, 9.17) is 0 Å². The number of hydrogen-bond acceptors (Lipinski definition) is 5. The molecule has 0 saturated heterocycles. The number of aliphatic hydroxyl groups excluding tert-OH is 2. The minimum Gasteiger partial charge on any atom is -0.464 e. The third kappa shape index (κ3) is 3.58. The van der Waals surface area contributed by atoms with Crippen molar-refractivity contribution in [3.63, 3.8) is 0 Å². The molecular weight excluding hydrogens is 283 g/mol. The molecule has 0 bridgehead atoms. The summed E-state index contributed by atoms with van der Waals surface area (Å²) in [5.74, 6) is -1.18. The third-order valence-electron chi connectivity index (χ3n) is 2.40. The van der Waals surface area contributed by atoms with E-state index in [9.17, 15) is 33.0 Å². The fourth-order valence-electron chi connectivity index (χ4n) is 1.42. The topological polar surface area (TPSA) is 99.6 Å². The number of carbonyl (C=O) groups is 1. The van der Waals surface area contributed by atoms with E-state index in [-0.39, 0.29) is 6.61 Å². The third-order valence-corrected chi connectivity index (χ3v) is 2.40. The molecule has 0 saturated carbocycles. The predicted octanol–water partition coefficient (Wildman–Crippen LogP) is 0.351. The lowest BCUT2D eigenvalue weighted by molar-refractivity contribution is -0.159. The number of hydrogen-bond donors (Lipinski definition) is 3. The van der Waals surface area contributed by atoms with Crippen molar-refractivity contribution in [1.82, 2.24) is 4.98 Å². The first-order valence-electron chi connectivity index (χ1n) is 5.51. The quantitative estimate of drug-likeness (QED) is 0.696. The van der Waals surface area contributed by atoms with Gasteiger partial charge in [0.05, 0.1) is 6.61 Å². The summed E-state index contributed by atoms with van der Waals surface area (Å²) < 4.78 is 42.0. The van der Waals surface area contributed by atoms with Gasteiger partial charge in [0.15, 0.2) is 6.10 Å². The van der Waals surface area contributed by atoms with E-state index in [1.165, 1.54) is 6.92 Å². The zero-order valence-corrected chi connectivity index (χ0v) is 10.3. The molecule has 1 heterocycles. The van der Waals surface area contributed by atoms with Crippen LogP contribution in [0, 0.1) is 0 Å². The highest BCUT2D eigenvalue weighted by atomic mass is 19.4. The number of aromatic nitrogens is 1. The summed E-state index contributed by atoms with van der Waals surface area (Å²) in [7, 11) is 0. The van der Waals surface area contributed by atoms with Crippen LogP contribution in [0.1, 0.15) is 24.2 Å². The van der Waals surface area contributed by atoms with Crippen molar-refractivity contribution in [3.8, 4) is 0 Å². The van der Waals surface area contributed by atoms with E-state index in [2.05, 4.69) is 4.74 Å². The SMILES string of the molecule is CCOC(=O)C(O)C(O)c1c[nH]c(=O)c(C(F)(F)F)c1. The predicted molar refractivity (Wildman–Crippen MR) is 59.7 cm³/mol. The van der Waals surface area contributed by atoms with Crippen LogP contribution in [-0.2, 0) is 15.7 Å². The molecule has 20 heavy (non-hydrogen) atoms. The summed E-state index contributed by atoms with van der Waals surface area (Å²) >= 11 is 0. The summed E-state index contributed by atoms with van der Waals surface area (Å²) in [4.78, 5) is 24.0. The average Bonchev–Trinajstić information content (AvgIpc) is 2.36. The Bertz CT molecular complexity index is 540. The maximum absolute atomic E-state index is 12.5. The highest BCUT2D eigenvalue weighted by molar-refractivity contribution is 5.75. The maximum Gasteiger partial charge on any atom is 0.421 e. The van der Waals surface area contributed by atoms with Crippen LogP contribution in [0.15, 0.2) is 17.1 Å². The first kappa shape index (κ1) is 16.2. The molecule has 0 aliphatic rings. The van der Waals surface area contributed by atoms with Gasteiger partial charge in [-0.25, -0.2) is 4.79 Å². The van der Waals surface area contributed by atoms with Gasteiger partial charge < -0.3 is 19.9 Å². The van der Waals surface area contributed by atoms with Crippen molar-refractivity contribution in [2.24, 2.45) is 0 Å². The Morgan fingerprint density at radius 2 is 2.05 bits per heavy atom. The van der Waals surface area contributed by atoms with Crippen LogP contribution in [0.4, 0.5) is 13.2 Å². The van der Waals surface area contributed by atoms with Crippen LogP contribution in [0.5, 0.6) is 0 Å². The summed E-state index contributed by atoms with van der Waals surface area (Å²) in [6.45, 7) is 1.39. The van der Waals surface area contributed by atoms with Crippen LogP contribution in [-0.4, -0.2) is 33.9 Å². The number of halogens is 3. The molecule has 0 aliphatic heterocycles. The fraction of sp³-hybridized carbons (Fsp3) is 0.455. The number of H-pyrrole nitrogens is 1. The average molecular weight is 295 g/mol. The largest absolute Gasteiger partial charge is 0.464 e. The van der Waals surface area contributed by atoms with Gasteiger partial charge in [0.25, 0.3) is 5.56 Å². The lowest BCUT2D eigenvalue weighted by Gasteiger charge is -2.17. The molecule has 0 radical (unpaired) electrons. The van der Waals surface area contributed by atoms with Crippen molar-refractivity contribution in [3.05, 3.63) is 33.7 Å². The normalized spacial score (nSPS) is 14.7. The molecule has 3 N–H and O–H groups in total. The van der Waals surface area contributed by atoms with Gasteiger partial charge in [-0.05, 0) is 13.0 Å². The second kappa shape index (κ2) is 6.06. The lowest BCUT2D eigenvalue weighted by atomic mass is 10.0. The molecule has 0 fully saturated rings. The maximum atomic E-state index is 12.5. The zero-order valence-electron chi connectivity index (χ0n) is 10.3. The Balaban J connectivity index is 3.09. The molecule has 2 atom stereocenters. The summed E-state index contributed by atoms with van der Waals surface area (Å²) in [6.07, 6.45) is -8.14. The molecule has 0 spiro atoms. The van der Waals surface area contributed by atoms with Crippen LogP contribution < -0.4 is 5.56 Å². The van der Waals surface area contributed by atoms with E-state index in [1.807, 2.05) is 0 Å². The number of alkyl halides is 3. The van der Waals surface area contributed by atoms with Crippen molar-refractivity contribution < 1.29 is 32.9 Å². The van der Waals surface area contributed by atoms with Crippen LogP contribution in [0.25, 0.3) is 0 Å². The number of aliphatic hydroxyl groups is 2. The first-order chi connectivity index (χ1) is 9.18. The van der Waals surface area contributed by atoms with Crippen LogP contribution in [0.2, 0.25) is 0 Å². The molecule has 0 amide bonds. The zero-order chi connectivity index (χ0) is 15.5. The first-order valence-corrected chi connectivity index (χ1v) is 5.51. The van der Waals surface area contributed by atoms with Gasteiger partial charge in [-0.2, -0.15) is 13.2 Å². The van der Waals surface area contributed by atoms with Crippen molar-refractivity contribution >= 4 is 5.97 Å². The smallest absolute Gasteiger partial charge is 0.421 e. The molecule has 2 unspecified atom stereocenters. The number of ether oxygens (including phenoxy) is 1. The van der Waals surface area contributed by atoms with Gasteiger partial charge in [0, 0.05) is 11.8 Å². The van der Waals surface area contributed by atoms with E-state index in [0.717, 1.165) is 6.20 Å². The molecule has 1 rings (SSSR count).